The number of imidazole rings is 1. The van der Waals surface area contributed by atoms with Crippen LogP contribution in [0.4, 0.5) is 0 Å². The number of hydrogen-bond donors (Lipinski definition) is 1. The Kier molecular flexibility index (Phi) is 4.94. The van der Waals surface area contributed by atoms with Crippen molar-refractivity contribution in [3.63, 3.8) is 0 Å². The van der Waals surface area contributed by atoms with E-state index in [4.69, 9.17) is 0 Å². The zero-order valence-electron chi connectivity index (χ0n) is 16.0. The van der Waals surface area contributed by atoms with Crippen molar-refractivity contribution in [2.75, 3.05) is 26.2 Å². The minimum absolute atomic E-state index is 0.0297. The van der Waals surface area contributed by atoms with Gasteiger partial charge in [0.05, 0.1) is 11.3 Å². The molecule has 0 radical (unpaired) electrons. The first-order valence-electron chi connectivity index (χ1n) is 9.61. The van der Waals surface area contributed by atoms with Crippen LogP contribution in [0.25, 0.3) is 5.65 Å². The van der Waals surface area contributed by atoms with Gasteiger partial charge in [0.25, 0.3) is 5.91 Å². The van der Waals surface area contributed by atoms with Crippen molar-refractivity contribution in [1.82, 2.24) is 19.6 Å². The average molecular weight is 362 g/mol. The van der Waals surface area contributed by atoms with Crippen LogP contribution in [0, 0.1) is 13.8 Å². The SMILES string of the molecule is Cc1cn2cc(C(=O)NCCN3CC[C@@H](c4ccccc4C)C3)ccc2n1. The van der Waals surface area contributed by atoms with Gasteiger partial charge in [-0.3, -0.25) is 4.79 Å². The Morgan fingerprint density at radius 3 is 2.89 bits per heavy atom. The van der Waals surface area contributed by atoms with Crippen molar-refractivity contribution in [3.05, 3.63) is 71.2 Å². The lowest BCUT2D eigenvalue weighted by Gasteiger charge is -2.17. The number of rotatable bonds is 5. The molecule has 0 unspecified atom stereocenters. The summed E-state index contributed by atoms with van der Waals surface area (Å²) in [5, 5.41) is 3.05. The van der Waals surface area contributed by atoms with Crippen molar-refractivity contribution in [2.45, 2.75) is 26.2 Å². The molecule has 1 saturated heterocycles. The largest absolute Gasteiger partial charge is 0.351 e. The van der Waals surface area contributed by atoms with E-state index < -0.39 is 0 Å². The topological polar surface area (TPSA) is 49.6 Å². The van der Waals surface area contributed by atoms with E-state index in [1.54, 1.807) is 0 Å². The van der Waals surface area contributed by atoms with Crippen LogP contribution in [-0.2, 0) is 0 Å². The summed E-state index contributed by atoms with van der Waals surface area (Å²) in [5.74, 6) is 0.576. The first-order chi connectivity index (χ1) is 13.1. The fourth-order valence-corrected chi connectivity index (χ4v) is 4.02. The Morgan fingerprint density at radius 1 is 1.19 bits per heavy atom. The van der Waals surface area contributed by atoms with Crippen LogP contribution in [0.2, 0.25) is 0 Å². The minimum atomic E-state index is -0.0297. The normalized spacial score (nSPS) is 17.5. The Labute approximate surface area is 160 Å². The molecule has 1 fully saturated rings. The fourth-order valence-electron chi connectivity index (χ4n) is 4.02. The quantitative estimate of drug-likeness (QED) is 0.758. The summed E-state index contributed by atoms with van der Waals surface area (Å²) < 4.78 is 1.90. The monoisotopic (exact) mass is 362 g/mol. The molecule has 1 N–H and O–H groups in total. The lowest BCUT2D eigenvalue weighted by Crippen LogP contribution is -2.33. The average Bonchev–Trinajstić information content (AvgIpc) is 3.27. The lowest BCUT2D eigenvalue weighted by atomic mass is 9.94. The number of likely N-dealkylation sites (tertiary alicyclic amines) is 1. The standard InChI is InChI=1S/C22H26N4O/c1-16-5-3-4-6-20(16)18-9-11-25(14-18)12-10-23-22(27)19-7-8-21-24-17(2)13-26(21)15-19/h3-8,13,15,18H,9-12,14H2,1-2H3,(H,23,27)/t18-/m1/s1. The lowest BCUT2D eigenvalue weighted by molar-refractivity contribution is 0.0949. The molecule has 1 aromatic carbocycles. The number of pyridine rings is 1. The van der Waals surface area contributed by atoms with Crippen molar-refractivity contribution < 1.29 is 4.79 Å². The molecule has 3 heterocycles. The van der Waals surface area contributed by atoms with Gasteiger partial charge in [-0.2, -0.15) is 0 Å². The van der Waals surface area contributed by atoms with Gasteiger partial charge in [0.2, 0.25) is 0 Å². The highest BCUT2D eigenvalue weighted by Crippen LogP contribution is 2.28. The Morgan fingerprint density at radius 2 is 2.04 bits per heavy atom. The van der Waals surface area contributed by atoms with Crippen molar-refractivity contribution in [3.8, 4) is 0 Å². The van der Waals surface area contributed by atoms with Gasteiger partial charge in [-0.25, -0.2) is 4.98 Å². The van der Waals surface area contributed by atoms with Gasteiger partial charge >= 0.3 is 0 Å². The van der Waals surface area contributed by atoms with Crippen LogP contribution in [0.3, 0.4) is 0 Å². The summed E-state index contributed by atoms with van der Waals surface area (Å²) in [4.78, 5) is 19.3. The highest BCUT2D eigenvalue weighted by atomic mass is 16.1. The highest BCUT2D eigenvalue weighted by molar-refractivity contribution is 5.94. The number of aromatic nitrogens is 2. The number of nitrogens with zero attached hydrogens (tertiary/aromatic N) is 3. The Bertz CT molecular complexity index is 962. The summed E-state index contributed by atoms with van der Waals surface area (Å²) >= 11 is 0. The van der Waals surface area contributed by atoms with Crippen LogP contribution in [0.15, 0.2) is 48.8 Å². The van der Waals surface area contributed by atoms with Crippen LogP contribution in [0.5, 0.6) is 0 Å². The van der Waals surface area contributed by atoms with Crippen LogP contribution in [-0.4, -0.2) is 46.4 Å². The van der Waals surface area contributed by atoms with Gasteiger partial charge < -0.3 is 14.6 Å². The molecular weight excluding hydrogens is 336 g/mol. The second-order valence-electron chi connectivity index (χ2n) is 7.46. The molecular formula is C22H26N4O. The molecule has 2 aromatic heterocycles. The molecule has 1 aliphatic heterocycles. The molecule has 1 atom stereocenters. The van der Waals surface area contributed by atoms with E-state index in [9.17, 15) is 4.79 Å². The molecule has 3 aromatic rings. The van der Waals surface area contributed by atoms with E-state index in [-0.39, 0.29) is 5.91 Å². The van der Waals surface area contributed by atoms with Gasteiger partial charge in [0.1, 0.15) is 5.65 Å². The molecule has 0 spiro atoms. The molecule has 1 aliphatic rings. The van der Waals surface area contributed by atoms with Crippen molar-refractivity contribution >= 4 is 11.6 Å². The maximum Gasteiger partial charge on any atom is 0.252 e. The summed E-state index contributed by atoms with van der Waals surface area (Å²) in [7, 11) is 0. The zero-order valence-corrected chi connectivity index (χ0v) is 16.0. The molecule has 0 aliphatic carbocycles. The number of fused-ring (bicyclic) bond motifs is 1. The second kappa shape index (κ2) is 7.53. The molecule has 5 heteroatoms. The molecule has 5 nitrogen and oxygen atoms in total. The fraction of sp³-hybridized carbons (Fsp3) is 0.364. The maximum absolute atomic E-state index is 12.4. The zero-order chi connectivity index (χ0) is 18.8. The van der Waals surface area contributed by atoms with Crippen LogP contribution in [0.1, 0.15) is 39.5 Å². The third kappa shape index (κ3) is 3.88. The Balaban J connectivity index is 1.29. The molecule has 140 valence electrons. The molecule has 27 heavy (non-hydrogen) atoms. The van der Waals surface area contributed by atoms with Gasteiger partial charge in [-0.1, -0.05) is 24.3 Å². The van der Waals surface area contributed by atoms with Crippen LogP contribution >= 0.6 is 0 Å². The number of hydrogen-bond acceptors (Lipinski definition) is 3. The Hall–Kier alpha value is -2.66. The predicted molar refractivity (Wildman–Crippen MR) is 107 cm³/mol. The molecule has 4 rings (SSSR count). The number of benzene rings is 1. The van der Waals surface area contributed by atoms with Crippen LogP contribution < -0.4 is 5.32 Å². The van der Waals surface area contributed by atoms with Gasteiger partial charge in [0, 0.05) is 32.0 Å². The third-order valence-corrected chi connectivity index (χ3v) is 5.45. The minimum Gasteiger partial charge on any atom is -0.351 e. The van der Waals surface area contributed by atoms with E-state index in [1.807, 2.05) is 35.9 Å². The predicted octanol–water partition coefficient (Wildman–Crippen LogP) is 3.17. The number of nitrogens with one attached hydrogen (secondary N) is 1. The van der Waals surface area contributed by atoms with Gasteiger partial charge in [-0.05, 0) is 56.0 Å². The molecule has 0 saturated carbocycles. The number of aryl methyl sites for hydroxylation is 2. The maximum atomic E-state index is 12.4. The summed E-state index contributed by atoms with van der Waals surface area (Å²) in [6.45, 7) is 7.86. The first-order valence-corrected chi connectivity index (χ1v) is 9.61. The van der Waals surface area contributed by atoms with E-state index >= 15 is 0 Å². The van der Waals surface area contributed by atoms with E-state index in [1.165, 1.54) is 17.5 Å². The van der Waals surface area contributed by atoms with Crippen molar-refractivity contribution in [2.24, 2.45) is 0 Å². The number of carbonyl (C=O) groups is 1. The highest BCUT2D eigenvalue weighted by Gasteiger charge is 2.24. The third-order valence-electron chi connectivity index (χ3n) is 5.45. The van der Waals surface area contributed by atoms with E-state index in [0.717, 1.165) is 31.0 Å². The van der Waals surface area contributed by atoms with E-state index in [2.05, 4.69) is 46.4 Å². The van der Waals surface area contributed by atoms with Crippen molar-refractivity contribution in [1.29, 1.82) is 0 Å². The molecule has 0 bridgehead atoms. The van der Waals surface area contributed by atoms with Gasteiger partial charge in [-0.15, -0.1) is 0 Å². The first kappa shape index (κ1) is 17.7. The summed E-state index contributed by atoms with van der Waals surface area (Å²) in [6.07, 6.45) is 4.96. The smallest absolute Gasteiger partial charge is 0.252 e. The second-order valence-corrected chi connectivity index (χ2v) is 7.46. The van der Waals surface area contributed by atoms with E-state index in [0.29, 0.717) is 18.0 Å². The van der Waals surface area contributed by atoms with Gasteiger partial charge in [0.15, 0.2) is 0 Å². The number of amides is 1. The summed E-state index contributed by atoms with van der Waals surface area (Å²) in [6, 6.07) is 12.4. The summed E-state index contributed by atoms with van der Waals surface area (Å²) in [5.41, 5.74) is 5.32. The number of carbonyl (C=O) groups excluding carboxylic acids is 1. The molecule has 1 amide bonds.